The van der Waals surface area contributed by atoms with Crippen molar-refractivity contribution in [1.82, 2.24) is 15.3 Å². The average Bonchev–Trinajstić information content (AvgIpc) is 2.55. The van der Waals surface area contributed by atoms with Crippen molar-refractivity contribution in [3.05, 3.63) is 18.2 Å². The Bertz CT molecular complexity index is 256. The van der Waals surface area contributed by atoms with Crippen molar-refractivity contribution >= 4 is 5.91 Å². The Morgan fingerprint density at radius 2 is 2.62 bits per heavy atom. The van der Waals surface area contributed by atoms with E-state index in [9.17, 15) is 4.79 Å². The molecule has 1 rings (SSSR count). The molecule has 1 amide bonds. The van der Waals surface area contributed by atoms with Crippen LogP contribution in [0.4, 0.5) is 0 Å². The van der Waals surface area contributed by atoms with E-state index < -0.39 is 0 Å². The molecule has 72 valence electrons. The van der Waals surface area contributed by atoms with Crippen molar-refractivity contribution < 1.29 is 9.90 Å². The van der Waals surface area contributed by atoms with Crippen LogP contribution in [0.2, 0.25) is 0 Å². The standard InChI is InChI=1S/C8H13N3O2/c1-6(12)2-3-10-8(13)7-4-9-5-11-7/h4-6,12H,2-3H2,1H3,(H,9,11)(H,10,13). The minimum atomic E-state index is -0.387. The van der Waals surface area contributed by atoms with Gasteiger partial charge in [0.25, 0.3) is 5.91 Å². The summed E-state index contributed by atoms with van der Waals surface area (Å²) in [5.74, 6) is -0.196. The van der Waals surface area contributed by atoms with Crippen LogP contribution in [0.25, 0.3) is 0 Å². The van der Waals surface area contributed by atoms with Gasteiger partial charge in [-0.3, -0.25) is 4.79 Å². The van der Waals surface area contributed by atoms with Crippen LogP contribution in [0.3, 0.4) is 0 Å². The number of nitrogens with one attached hydrogen (secondary N) is 2. The van der Waals surface area contributed by atoms with Gasteiger partial charge in [0.2, 0.25) is 0 Å². The lowest BCUT2D eigenvalue weighted by atomic mass is 10.3. The SMILES string of the molecule is CC(O)CCNC(=O)c1cnc[nH]1. The van der Waals surface area contributed by atoms with Gasteiger partial charge in [-0.1, -0.05) is 0 Å². The monoisotopic (exact) mass is 183 g/mol. The van der Waals surface area contributed by atoms with Crippen LogP contribution in [-0.4, -0.2) is 33.6 Å². The normalized spacial score (nSPS) is 12.5. The Labute approximate surface area is 76.2 Å². The molecule has 0 aromatic carbocycles. The molecule has 1 unspecified atom stereocenters. The summed E-state index contributed by atoms with van der Waals surface area (Å²) < 4.78 is 0. The maximum Gasteiger partial charge on any atom is 0.269 e. The molecule has 0 saturated heterocycles. The molecule has 0 spiro atoms. The number of H-pyrrole nitrogens is 1. The number of aliphatic hydroxyl groups is 1. The molecule has 3 N–H and O–H groups in total. The second-order valence-corrected chi connectivity index (χ2v) is 2.86. The Hall–Kier alpha value is -1.36. The highest BCUT2D eigenvalue weighted by Crippen LogP contribution is 1.91. The Balaban J connectivity index is 2.27. The van der Waals surface area contributed by atoms with E-state index in [4.69, 9.17) is 5.11 Å². The number of aromatic amines is 1. The van der Waals surface area contributed by atoms with E-state index in [1.165, 1.54) is 12.5 Å². The van der Waals surface area contributed by atoms with Crippen LogP contribution < -0.4 is 5.32 Å². The fraction of sp³-hybridized carbons (Fsp3) is 0.500. The van der Waals surface area contributed by atoms with Crippen LogP contribution in [0.15, 0.2) is 12.5 Å². The summed E-state index contributed by atoms with van der Waals surface area (Å²) in [5.41, 5.74) is 0.436. The first kappa shape index (κ1) is 9.73. The molecular weight excluding hydrogens is 170 g/mol. The van der Waals surface area contributed by atoms with Crippen LogP contribution in [0.5, 0.6) is 0 Å². The summed E-state index contributed by atoms with van der Waals surface area (Å²) in [4.78, 5) is 17.6. The number of aromatic nitrogens is 2. The summed E-state index contributed by atoms with van der Waals surface area (Å²) >= 11 is 0. The molecule has 0 saturated carbocycles. The largest absolute Gasteiger partial charge is 0.393 e. The van der Waals surface area contributed by atoms with Gasteiger partial charge >= 0.3 is 0 Å². The van der Waals surface area contributed by atoms with Gasteiger partial charge in [-0.05, 0) is 13.3 Å². The van der Waals surface area contributed by atoms with Crippen molar-refractivity contribution in [2.75, 3.05) is 6.54 Å². The van der Waals surface area contributed by atoms with Crippen LogP contribution in [-0.2, 0) is 0 Å². The predicted molar refractivity (Wildman–Crippen MR) is 47.2 cm³/mol. The molecule has 5 heteroatoms. The minimum absolute atomic E-state index is 0.196. The van der Waals surface area contributed by atoms with Gasteiger partial charge in [0, 0.05) is 6.54 Å². The van der Waals surface area contributed by atoms with E-state index in [-0.39, 0.29) is 12.0 Å². The lowest BCUT2D eigenvalue weighted by molar-refractivity contribution is 0.0941. The van der Waals surface area contributed by atoms with E-state index in [0.29, 0.717) is 18.7 Å². The third kappa shape index (κ3) is 3.25. The Morgan fingerprint density at radius 3 is 3.15 bits per heavy atom. The van der Waals surface area contributed by atoms with E-state index >= 15 is 0 Å². The summed E-state index contributed by atoms with van der Waals surface area (Å²) in [6.45, 7) is 2.15. The Morgan fingerprint density at radius 1 is 1.85 bits per heavy atom. The number of carbonyl (C=O) groups is 1. The molecule has 1 aromatic heterocycles. The van der Waals surface area contributed by atoms with Crippen LogP contribution in [0.1, 0.15) is 23.8 Å². The number of imidazole rings is 1. The third-order valence-electron chi connectivity index (χ3n) is 1.59. The molecule has 0 aliphatic heterocycles. The van der Waals surface area contributed by atoms with E-state index in [1.807, 2.05) is 0 Å². The highest BCUT2D eigenvalue weighted by molar-refractivity contribution is 5.91. The number of hydrogen-bond donors (Lipinski definition) is 3. The number of nitrogens with zero attached hydrogens (tertiary/aromatic N) is 1. The van der Waals surface area contributed by atoms with Gasteiger partial charge in [0.05, 0.1) is 18.6 Å². The first-order valence-corrected chi connectivity index (χ1v) is 4.15. The van der Waals surface area contributed by atoms with Crippen LogP contribution >= 0.6 is 0 Å². The van der Waals surface area contributed by atoms with Gasteiger partial charge in [-0.25, -0.2) is 4.98 Å². The molecule has 0 aliphatic carbocycles. The van der Waals surface area contributed by atoms with Crippen molar-refractivity contribution in [1.29, 1.82) is 0 Å². The molecule has 13 heavy (non-hydrogen) atoms. The number of amides is 1. The molecule has 5 nitrogen and oxygen atoms in total. The predicted octanol–water partition coefficient (Wildman–Crippen LogP) is -0.0896. The van der Waals surface area contributed by atoms with Gasteiger partial charge < -0.3 is 15.4 Å². The zero-order valence-electron chi connectivity index (χ0n) is 7.45. The summed E-state index contributed by atoms with van der Waals surface area (Å²) in [6.07, 6.45) is 3.07. The molecule has 0 bridgehead atoms. The van der Waals surface area contributed by atoms with Crippen LogP contribution in [0, 0.1) is 0 Å². The maximum absolute atomic E-state index is 11.2. The van der Waals surface area contributed by atoms with Crippen molar-refractivity contribution in [3.8, 4) is 0 Å². The zero-order valence-corrected chi connectivity index (χ0v) is 7.45. The average molecular weight is 183 g/mol. The van der Waals surface area contributed by atoms with Gasteiger partial charge in [-0.15, -0.1) is 0 Å². The second-order valence-electron chi connectivity index (χ2n) is 2.86. The summed E-state index contributed by atoms with van der Waals surface area (Å²) in [6, 6.07) is 0. The summed E-state index contributed by atoms with van der Waals surface area (Å²) in [5, 5.41) is 11.6. The molecular formula is C8H13N3O2. The first-order valence-electron chi connectivity index (χ1n) is 4.15. The van der Waals surface area contributed by atoms with Crippen molar-refractivity contribution in [2.24, 2.45) is 0 Å². The number of hydrogen-bond acceptors (Lipinski definition) is 3. The minimum Gasteiger partial charge on any atom is -0.393 e. The molecule has 1 atom stereocenters. The fourth-order valence-corrected chi connectivity index (χ4v) is 0.870. The van der Waals surface area contributed by atoms with Gasteiger partial charge in [0.15, 0.2) is 0 Å². The number of carbonyl (C=O) groups excluding carboxylic acids is 1. The molecule has 0 aliphatic rings. The summed E-state index contributed by atoms with van der Waals surface area (Å²) in [7, 11) is 0. The van der Waals surface area contributed by atoms with E-state index in [0.717, 1.165) is 0 Å². The Kier molecular flexibility index (Phi) is 3.45. The molecule has 0 fully saturated rings. The van der Waals surface area contributed by atoms with E-state index in [1.54, 1.807) is 6.92 Å². The first-order chi connectivity index (χ1) is 6.20. The number of aliphatic hydroxyl groups excluding tert-OH is 1. The molecule has 1 heterocycles. The lowest BCUT2D eigenvalue weighted by Crippen LogP contribution is -2.26. The van der Waals surface area contributed by atoms with Gasteiger partial charge in [-0.2, -0.15) is 0 Å². The van der Waals surface area contributed by atoms with Crippen molar-refractivity contribution in [3.63, 3.8) is 0 Å². The zero-order chi connectivity index (χ0) is 9.68. The highest BCUT2D eigenvalue weighted by atomic mass is 16.3. The van der Waals surface area contributed by atoms with E-state index in [2.05, 4.69) is 15.3 Å². The molecule has 0 radical (unpaired) electrons. The third-order valence-corrected chi connectivity index (χ3v) is 1.59. The number of rotatable bonds is 4. The smallest absolute Gasteiger partial charge is 0.269 e. The van der Waals surface area contributed by atoms with Crippen molar-refractivity contribution in [2.45, 2.75) is 19.4 Å². The molecule has 1 aromatic rings. The maximum atomic E-state index is 11.2. The van der Waals surface area contributed by atoms with Gasteiger partial charge in [0.1, 0.15) is 5.69 Å². The quantitative estimate of drug-likeness (QED) is 0.610. The second kappa shape index (κ2) is 4.61. The fourth-order valence-electron chi connectivity index (χ4n) is 0.870. The highest BCUT2D eigenvalue weighted by Gasteiger charge is 2.05. The lowest BCUT2D eigenvalue weighted by Gasteiger charge is -2.04. The topological polar surface area (TPSA) is 78.0 Å².